The van der Waals surface area contributed by atoms with E-state index in [2.05, 4.69) is 64.5 Å². The molecule has 0 spiro atoms. The summed E-state index contributed by atoms with van der Waals surface area (Å²) in [5, 5.41) is 4.22. The first kappa shape index (κ1) is 18.7. The van der Waals surface area contributed by atoms with Crippen LogP contribution in [-0.2, 0) is 5.75 Å². The number of rotatable bonds is 5. The molecule has 0 heterocycles. The maximum absolute atomic E-state index is 5.91. The van der Waals surface area contributed by atoms with E-state index in [4.69, 9.17) is 11.6 Å². The van der Waals surface area contributed by atoms with Crippen LogP contribution in [-0.4, -0.2) is 8.07 Å². The molecule has 0 saturated heterocycles. The van der Waals surface area contributed by atoms with Gasteiger partial charge in [-0.25, -0.2) is 0 Å². The lowest BCUT2D eigenvalue weighted by Gasteiger charge is -2.37. The van der Waals surface area contributed by atoms with E-state index in [1.807, 2.05) is 12.1 Å². The summed E-state index contributed by atoms with van der Waals surface area (Å²) in [4.78, 5) is 0. The number of benzene rings is 1. The number of hydrogen-bond donors (Lipinski definition) is 0. The van der Waals surface area contributed by atoms with Gasteiger partial charge in [0, 0.05) is 10.8 Å². The predicted octanol–water partition coefficient (Wildman–Crippen LogP) is 6.75. The Morgan fingerprint density at radius 2 is 1.43 bits per heavy atom. The van der Waals surface area contributed by atoms with Crippen molar-refractivity contribution < 1.29 is 0 Å². The van der Waals surface area contributed by atoms with Gasteiger partial charge in [0.2, 0.25) is 0 Å². The minimum atomic E-state index is -1.58. The molecule has 116 valence electrons. The van der Waals surface area contributed by atoms with Gasteiger partial charge in [0.25, 0.3) is 0 Å². The molecule has 21 heavy (non-hydrogen) atoms. The minimum absolute atomic E-state index is 0.695. The highest BCUT2D eigenvalue weighted by molar-refractivity contribution is 8.03. The maximum atomic E-state index is 5.91. The fraction of sp³-hybridized carbons (Fsp3) is 0.556. The van der Waals surface area contributed by atoms with Crippen molar-refractivity contribution >= 4 is 31.4 Å². The molecule has 0 N–H and O–H groups in total. The standard InChI is InChI=1S/C18H27ClSSi/c1-14(2)21(15(3)4,16(5)6)12-11-20-13-17-7-9-18(19)10-8-17/h7-10,14-16H,13H2,1-6H3. The molecule has 0 aliphatic carbocycles. The van der Waals surface area contributed by atoms with Gasteiger partial charge in [0.05, 0.1) is 0 Å². The van der Waals surface area contributed by atoms with Crippen LogP contribution in [0.2, 0.25) is 21.6 Å². The summed E-state index contributed by atoms with van der Waals surface area (Å²) in [5.74, 6) is 0.933. The molecule has 0 aliphatic rings. The Kier molecular flexibility index (Phi) is 7.40. The Morgan fingerprint density at radius 1 is 0.952 bits per heavy atom. The van der Waals surface area contributed by atoms with Crippen LogP contribution in [0.4, 0.5) is 0 Å². The second-order valence-corrected chi connectivity index (χ2v) is 13.3. The van der Waals surface area contributed by atoms with Crippen molar-refractivity contribution in [3.63, 3.8) is 0 Å². The van der Waals surface area contributed by atoms with Crippen LogP contribution in [0.3, 0.4) is 0 Å². The van der Waals surface area contributed by atoms with Crippen molar-refractivity contribution in [1.82, 2.24) is 0 Å². The smallest absolute Gasteiger partial charge is 0.119 e. The number of hydrogen-bond acceptors (Lipinski definition) is 1. The van der Waals surface area contributed by atoms with Gasteiger partial charge in [-0.1, -0.05) is 77.0 Å². The van der Waals surface area contributed by atoms with E-state index < -0.39 is 8.07 Å². The van der Waals surface area contributed by atoms with Crippen LogP contribution in [0.15, 0.2) is 24.3 Å². The predicted molar refractivity (Wildman–Crippen MR) is 102 cm³/mol. The Bertz CT molecular complexity index is 472. The number of thioether (sulfide) groups is 1. The number of halogens is 1. The van der Waals surface area contributed by atoms with E-state index >= 15 is 0 Å². The molecule has 1 aromatic carbocycles. The Labute approximate surface area is 141 Å². The van der Waals surface area contributed by atoms with Crippen molar-refractivity contribution in [2.75, 3.05) is 0 Å². The van der Waals surface area contributed by atoms with Gasteiger partial charge in [-0.15, -0.1) is 5.54 Å². The van der Waals surface area contributed by atoms with Crippen molar-refractivity contribution in [3.8, 4) is 10.8 Å². The molecule has 0 bridgehead atoms. The highest BCUT2D eigenvalue weighted by Gasteiger charge is 2.41. The molecule has 0 saturated carbocycles. The SMILES string of the molecule is CC(C)[Si](C#CSCc1ccc(Cl)cc1)(C(C)C)C(C)C. The zero-order valence-electron chi connectivity index (χ0n) is 14.0. The lowest BCUT2D eigenvalue weighted by molar-refractivity contribution is 0.838. The van der Waals surface area contributed by atoms with Crippen molar-refractivity contribution in [2.45, 2.75) is 63.9 Å². The van der Waals surface area contributed by atoms with Gasteiger partial charge in [0.1, 0.15) is 8.07 Å². The molecular formula is C18H27ClSSi. The molecule has 0 aliphatic heterocycles. The molecule has 1 rings (SSSR count). The average Bonchev–Trinajstić information content (AvgIpc) is 2.39. The summed E-state index contributed by atoms with van der Waals surface area (Å²) in [5.41, 5.74) is 7.11. The molecular weight excluding hydrogens is 312 g/mol. The third-order valence-electron chi connectivity index (χ3n) is 4.36. The molecule has 1 aromatic rings. The average molecular weight is 339 g/mol. The van der Waals surface area contributed by atoms with Crippen molar-refractivity contribution in [2.24, 2.45) is 0 Å². The zero-order chi connectivity index (χ0) is 16.0. The quantitative estimate of drug-likeness (QED) is 0.422. The van der Waals surface area contributed by atoms with Crippen LogP contribution in [0.25, 0.3) is 0 Å². The summed E-state index contributed by atoms with van der Waals surface area (Å²) in [6, 6.07) is 8.05. The Balaban J connectivity index is 2.79. The first-order valence-corrected chi connectivity index (χ1v) is 11.3. The molecule has 0 aromatic heterocycles. The second kappa shape index (κ2) is 8.32. The molecule has 0 amide bonds. The normalized spacial score (nSPS) is 11.9. The first-order chi connectivity index (χ1) is 9.80. The van der Waals surface area contributed by atoms with E-state index in [0.717, 1.165) is 10.8 Å². The van der Waals surface area contributed by atoms with E-state index in [0.29, 0.717) is 16.6 Å². The van der Waals surface area contributed by atoms with E-state index in [1.165, 1.54) is 5.56 Å². The molecule has 0 nitrogen and oxygen atoms in total. The van der Waals surface area contributed by atoms with Gasteiger partial charge < -0.3 is 0 Å². The summed E-state index contributed by atoms with van der Waals surface area (Å²) >= 11 is 7.63. The largest absolute Gasteiger partial charge is 0.147 e. The third kappa shape index (κ3) is 4.81. The summed E-state index contributed by atoms with van der Waals surface area (Å²) in [6.07, 6.45) is 0. The third-order valence-corrected chi connectivity index (χ3v) is 11.8. The van der Waals surface area contributed by atoms with Crippen LogP contribution in [0, 0.1) is 10.8 Å². The lowest BCUT2D eigenvalue weighted by atomic mass is 10.2. The molecule has 0 radical (unpaired) electrons. The lowest BCUT2D eigenvalue weighted by Crippen LogP contribution is -2.43. The zero-order valence-corrected chi connectivity index (χ0v) is 16.6. The van der Waals surface area contributed by atoms with Gasteiger partial charge in [-0.3, -0.25) is 0 Å². The van der Waals surface area contributed by atoms with E-state index in [-0.39, 0.29) is 0 Å². The van der Waals surface area contributed by atoms with Crippen molar-refractivity contribution in [3.05, 3.63) is 34.9 Å². The summed E-state index contributed by atoms with van der Waals surface area (Å²) in [7, 11) is -1.58. The van der Waals surface area contributed by atoms with Gasteiger partial charge in [0.15, 0.2) is 0 Å². The van der Waals surface area contributed by atoms with Crippen LogP contribution < -0.4 is 0 Å². The second-order valence-electron chi connectivity index (χ2n) is 6.54. The minimum Gasteiger partial charge on any atom is -0.119 e. The Hall–Kier alpha value is -0.363. The molecule has 0 unspecified atom stereocenters. The molecule has 0 fully saturated rings. The van der Waals surface area contributed by atoms with Crippen LogP contribution in [0.1, 0.15) is 47.1 Å². The summed E-state index contributed by atoms with van der Waals surface area (Å²) < 4.78 is 0. The highest BCUT2D eigenvalue weighted by atomic mass is 35.5. The Morgan fingerprint density at radius 3 is 1.86 bits per heavy atom. The molecule has 0 atom stereocenters. The monoisotopic (exact) mass is 338 g/mol. The summed E-state index contributed by atoms with van der Waals surface area (Å²) in [6.45, 7) is 14.1. The fourth-order valence-electron chi connectivity index (χ4n) is 3.26. The topological polar surface area (TPSA) is 0 Å². The van der Waals surface area contributed by atoms with Crippen molar-refractivity contribution in [1.29, 1.82) is 0 Å². The van der Waals surface area contributed by atoms with E-state index in [1.54, 1.807) is 11.8 Å². The van der Waals surface area contributed by atoms with Gasteiger partial charge in [-0.05, 0) is 39.6 Å². The van der Waals surface area contributed by atoms with Gasteiger partial charge in [-0.2, -0.15) is 0 Å². The maximum Gasteiger partial charge on any atom is 0.147 e. The first-order valence-electron chi connectivity index (χ1n) is 7.69. The highest BCUT2D eigenvalue weighted by Crippen LogP contribution is 2.40. The fourth-order valence-corrected chi connectivity index (χ4v) is 9.68. The van der Waals surface area contributed by atoms with Gasteiger partial charge >= 0.3 is 0 Å². The van der Waals surface area contributed by atoms with E-state index in [9.17, 15) is 0 Å². The molecule has 3 heteroatoms. The van der Waals surface area contributed by atoms with Crippen LogP contribution >= 0.6 is 23.4 Å². The van der Waals surface area contributed by atoms with Crippen LogP contribution in [0.5, 0.6) is 0 Å².